The molecule has 6 heteroatoms. The van der Waals surface area contributed by atoms with Gasteiger partial charge in [0.05, 0.1) is 16.6 Å². The zero-order valence-electron chi connectivity index (χ0n) is 18.5. The highest BCUT2D eigenvalue weighted by molar-refractivity contribution is 6.42. The van der Waals surface area contributed by atoms with E-state index in [1.54, 1.807) is 0 Å². The van der Waals surface area contributed by atoms with Gasteiger partial charge < -0.3 is 4.90 Å². The van der Waals surface area contributed by atoms with E-state index in [0.717, 1.165) is 62.9 Å². The molecule has 3 aliphatic rings. The maximum absolute atomic E-state index is 12.9. The Labute approximate surface area is 201 Å². The van der Waals surface area contributed by atoms with Crippen LogP contribution in [0.25, 0.3) is 11.1 Å². The van der Waals surface area contributed by atoms with Gasteiger partial charge in [0.2, 0.25) is 5.91 Å². The molecule has 32 heavy (non-hydrogen) atoms. The van der Waals surface area contributed by atoms with Gasteiger partial charge in [-0.1, -0.05) is 60.3 Å². The van der Waals surface area contributed by atoms with E-state index in [9.17, 15) is 4.79 Å². The molecule has 1 saturated carbocycles. The van der Waals surface area contributed by atoms with Crippen LogP contribution < -0.4 is 0 Å². The average Bonchev–Trinajstić information content (AvgIpc) is 3.36. The van der Waals surface area contributed by atoms with E-state index >= 15 is 0 Å². The van der Waals surface area contributed by atoms with E-state index in [4.69, 9.17) is 23.2 Å². The summed E-state index contributed by atoms with van der Waals surface area (Å²) in [7, 11) is 0. The molecular formula is C26H31Cl2N3O. The van der Waals surface area contributed by atoms with Crippen LogP contribution in [0.4, 0.5) is 0 Å². The first-order valence-electron chi connectivity index (χ1n) is 11.9. The van der Waals surface area contributed by atoms with Crippen molar-refractivity contribution in [2.24, 2.45) is 0 Å². The van der Waals surface area contributed by atoms with E-state index in [1.165, 1.54) is 36.8 Å². The lowest BCUT2D eigenvalue weighted by Gasteiger charge is -2.39. The number of halogens is 2. The van der Waals surface area contributed by atoms with E-state index in [2.05, 4.69) is 32.9 Å². The van der Waals surface area contributed by atoms with Crippen LogP contribution in [0.3, 0.4) is 0 Å². The summed E-state index contributed by atoms with van der Waals surface area (Å²) in [4.78, 5) is 19.9. The quantitative estimate of drug-likeness (QED) is 0.619. The predicted octanol–water partition coefficient (Wildman–Crippen LogP) is 5.11. The van der Waals surface area contributed by atoms with Gasteiger partial charge in [0.25, 0.3) is 0 Å². The summed E-state index contributed by atoms with van der Waals surface area (Å²) >= 11 is 12.3. The highest BCUT2D eigenvalue weighted by Gasteiger charge is 2.29. The number of rotatable bonds is 4. The van der Waals surface area contributed by atoms with Crippen LogP contribution in [-0.4, -0.2) is 65.9 Å². The molecule has 5 rings (SSSR count). The summed E-state index contributed by atoms with van der Waals surface area (Å²) in [6.45, 7) is 6.13. The Morgan fingerprint density at radius 2 is 1.56 bits per heavy atom. The average molecular weight is 472 g/mol. The molecule has 2 heterocycles. The standard InChI is InChI=1S/C26H31Cl2N3O/c27-24-8-7-20(16-25(24)28)19-5-6-22-17-29(10-9-21(22)15-19)18-26(32)31-13-11-30(12-14-31)23-3-1-2-4-23/h5-8,15-16,23H,1-4,9-14,17-18H2. The number of carbonyl (C=O) groups excluding carboxylic acids is 1. The second-order valence-corrected chi connectivity index (χ2v) is 10.2. The van der Waals surface area contributed by atoms with Crippen molar-refractivity contribution in [1.82, 2.24) is 14.7 Å². The third kappa shape index (κ3) is 4.84. The van der Waals surface area contributed by atoms with Crippen molar-refractivity contribution in [3.8, 4) is 11.1 Å². The third-order valence-electron chi connectivity index (χ3n) is 7.42. The summed E-state index contributed by atoms with van der Waals surface area (Å²) in [6.07, 6.45) is 6.39. The number of carbonyl (C=O) groups is 1. The van der Waals surface area contributed by atoms with Crippen LogP contribution in [0.2, 0.25) is 10.0 Å². The molecule has 0 unspecified atom stereocenters. The number of hydrogen-bond acceptors (Lipinski definition) is 3. The van der Waals surface area contributed by atoms with Crippen LogP contribution in [0.15, 0.2) is 36.4 Å². The van der Waals surface area contributed by atoms with Gasteiger partial charge in [0.15, 0.2) is 0 Å². The Morgan fingerprint density at radius 3 is 2.31 bits per heavy atom. The highest BCUT2D eigenvalue weighted by Crippen LogP contribution is 2.31. The Balaban J connectivity index is 1.17. The van der Waals surface area contributed by atoms with E-state index in [-0.39, 0.29) is 5.91 Å². The van der Waals surface area contributed by atoms with Crippen molar-refractivity contribution < 1.29 is 4.79 Å². The molecule has 2 aliphatic heterocycles. The van der Waals surface area contributed by atoms with Gasteiger partial charge in [0.1, 0.15) is 0 Å². The minimum Gasteiger partial charge on any atom is -0.339 e. The topological polar surface area (TPSA) is 26.8 Å². The smallest absolute Gasteiger partial charge is 0.236 e. The first-order chi connectivity index (χ1) is 15.6. The first kappa shape index (κ1) is 22.2. The molecule has 0 atom stereocenters. The summed E-state index contributed by atoms with van der Waals surface area (Å²) in [5.41, 5.74) is 4.92. The van der Waals surface area contributed by atoms with Crippen LogP contribution in [-0.2, 0) is 17.8 Å². The van der Waals surface area contributed by atoms with Gasteiger partial charge in [0, 0.05) is 45.3 Å². The number of piperazine rings is 1. The fourth-order valence-electron chi connectivity index (χ4n) is 5.50. The third-order valence-corrected chi connectivity index (χ3v) is 8.16. The minimum absolute atomic E-state index is 0.284. The van der Waals surface area contributed by atoms with Crippen LogP contribution in [0.1, 0.15) is 36.8 Å². The van der Waals surface area contributed by atoms with Gasteiger partial charge in [-0.05, 0) is 53.6 Å². The molecule has 0 radical (unpaired) electrons. The van der Waals surface area contributed by atoms with Crippen molar-refractivity contribution in [1.29, 1.82) is 0 Å². The van der Waals surface area contributed by atoms with Crippen molar-refractivity contribution in [3.05, 3.63) is 57.6 Å². The SMILES string of the molecule is O=C(CN1CCc2cc(-c3ccc(Cl)c(Cl)c3)ccc2C1)N1CCN(C2CCCC2)CC1. The first-order valence-corrected chi connectivity index (χ1v) is 12.6. The Kier molecular flexibility index (Phi) is 6.75. The van der Waals surface area contributed by atoms with Gasteiger partial charge >= 0.3 is 0 Å². The Morgan fingerprint density at radius 1 is 0.844 bits per heavy atom. The minimum atomic E-state index is 0.284. The number of nitrogens with zero attached hydrogens (tertiary/aromatic N) is 3. The summed E-state index contributed by atoms with van der Waals surface area (Å²) in [5.74, 6) is 0.284. The zero-order chi connectivity index (χ0) is 22.1. The molecule has 2 fully saturated rings. The van der Waals surface area contributed by atoms with E-state index in [0.29, 0.717) is 16.6 Å². The van der Waals surface area contributed by atoms with Gasteiger partial charge in [-0.2, -0.15) is 0 Å². The van der Waals surface area contributed by atoms with Crippen LogP contribution >= 0.6 is 23.2 Å². The van der Waals surface area contributed by atoms with Crippen molar-refractivity contribution in [2.75, 3.05) is 39.3 Å². The fourth-order valence-corrected chi connectivity index (χ4v) is 5.80. The molecule has 4 nitrogen and oxygen atoms in total. The maximum atomic E-state index is 12.9. The number of fused-ring (bicyclic) bond motifs is 1. The molecule has 1 amide bonds. The maximum Gasteiger partial charge on any atom is 0.236 e. The molecule has 0 aromatic heterocycles. The molecule has 0 spiro atoms. The zero-order valence-corrected chi connectivity index (χ0v) is 20.0. The van der Waals surface area contributed by atoms with E-state index in [1.807, 2.05) is 18.2 Å². The molecule has 2 aromatic carbocycles. The summed E-state index contributed by atoms with van der Waals surface area (Å²) in [6, 6.07) is 13.1. The lowest BCUT2D eigenvalue weighted by molar-refractivity contribution is -0.134. The van der Waals surface area contributed by atoms with Crippen LogP contribution in [0, 0.1) is 0 Å². The highest BCUT2D eigenvalue weighted by atomic mass is 35.5. The lowest BCUT2D eigenvalue weighted by atomic mass is 9.94. The van der Waals surface area contributed by atoms with Gasteiger partial charge in [-0.25, -0.2) is 0 Å². The van der Waals surface area contributed by atoms with Gasteiger partial charge in [-0.3, -0.25) is 14.6 Å². The number of benzene rings is 2. The molecule has 0 bridgehead atoms. The van der Waals surface area contributed by atoms with E-state index < -0.39 is 0 Å². The molecule has 0 N–H and O–H groups in total. The second-order valence-electron chi connectivity index (χ2n) is 9.43. The Hall–Kier alpha value is -1.59. The molecule has 1 aliphatic carbocycles. The largest absolute Gasteiger partial charge is 0.339 e. The fraction of sp³-hybridized carbons (Fsp3) is 0.500. The van der Waals surface area contributed by atoms with Crippen LogP contribution in [0.5, 0.6) is 0 Å². The number of hydrogen-bond donors (Lipinski definition) is 0. The van der Waals surface area contributed by atoms with Crippen molar-refractivity contribution >= 4 is 29.1 Å². The molecule has 2 aromatic rings. The Bertz CT molecular complexity index is 981. The molecular weight excluding hydrogens is 441 g/mol. The second kappa shape index (κ2) is 9.72. The summed E-state index contributed by atoms with van der Waals surface area (Å²) < 4.78 is 0. The molecule has 1 saturated heterocycles. The predicted molar refractivity (Wildman–Crippen MR) is 131 cm³/mol. The summed E-state index contributed by atoms with van der Waals surface area (Å²) in [5, 5.41) is 1.16. The van der Waals surface area contributed by atoms with Crippen molar-refractivity contribution in [3.63, 3.8) is 0 Å². The van der Waals surface area contributed by atoms with Crippen molar-refractivity contribution in [2.45, 2.75) is 44.7 Å². The lowest BCUT2D eigenvalue weighted by Crippen LogP contribution is -2.53. The van der Waals surface area contributed by atoms with Gasteiger partial charge in [-0.15, -0.1) is 0 Å². The number of amides is 1. The monoisotopic (exact) mass is 471 g/mol. The normalized spacial score (nSPS) is 20.5. The molecule has 170 valence electrons.